The number of hydrogen-bond donors (Lipinski definition) is 1. The molecule has 0 bridgehead atoms. The first-order valence-electron chi connectivity index (χ1n) is 7.50. The van der Waals surface area contributed by atoms with Crippen molar-refractivity contribution in [2.24, 2.45) is 11.8 Å². The maximum atomic E-state index is 11.7. The van der Waals surface area contributed by atoms with Crippen LogP contribution in [0.3, 0.4) is 0 Å². The van der Waals surface area contributed by atoms with E-state index in [9.17, 15) is 8.42 Å². The molecule has 1 aliphatic carbocycles. The van der Waals surface area contributed by atoms with Crippen molar-refractivity contribution < 1.29 is 8.42 Å². The summed E-state index contributed by atoms with van der Waals surface area (Å²) in [5, 5.41) is 3.30. The molecule has 1 saturated carbocycles. The fourth-order valence-electron chi connectivity index (χ4n) is 2.96. The normalized spacial score (nSPS) is 23.5. The van der Waals surface area contributed by atoms with Crippen LogP contribution in [0.25, 0.3) is 0 Å². The van der Waals surface area contributed by atoms with E-state index in [0.29, 0.717) is 4.90 Å². The number of para-hydroxylation sites is 1. The molecule has 0 heterocycles. The predicted octanol–water partition coefficient (Wildman–Crippen LogP) is 3.72. The topological polar surface area (TPSA) is 46.2 Å². The number of sulfone groups is 1. The third-order valence-corrected chi connectivity index (χ3v) is 5.44. The summed E-state index contributed by atoms with van der Waals surface area (Å²) in [5.74, 6) is 1.68. The van der Waals surface area contributed by atoms with E-state index in [4.69, 9.17) is 0 Å². The fraction of sp³-hybridized carbons (Fsp3) is 0.625. The summed E-state index contributed by atoms with van der Waals surface area (Å²) >= 11 is 0. The van der Waals surface area contributed by atoms with Crippen molar-refractivity contribution >= 4 is 15.5 Å². The van der Waals surface area contributed by atoms with E-state index in [1.165, 1.54) is 31.9 Å². The lowest BCUT2D eigenvalue weighted by molar-refractivity contribution is 0.282. The molecule has 0 atom stereocenters. The van der Waals surface area contributed by atoms with Gasteiger partial charge in [-0.25, -0.2) is 8.42 Å². The second-order valence-electron chi connectivity index (χ2n) is 6.11. The van der Waals surface area contributed by atoms with Crippen molar-refractivity contribution in [1.29, 1.82) is 0 Å². The molecule has 112 valence electrons. The number of benzene rings is 1. The van der Waals surface area contributed by atoms with E-state index in [-0.39, 0.29) is 0 Å². The van der Waals surface area contributed by atoms with Crippen molar-refractivity contribution in [2.45, 2.75) is 43.9 Å². The predicted molar refractivity (Wildman–Crippen MR) is 83.8 cm³/mol. The van der Waals surface area contributed by atoms with Gasteiger partial charge in [0.1, 0.15) is 0 Å². The van der Waals surface area contributed by atoms with Crippen LogP contribution in [0.2, 0.25) is 0 Å². The highest BCUT2D eigenvalue weighted by atomic mass is 32.2. The van der Waals surface area contributed by atoms with Gasteiger partial charge in [0.2, 0.25) is 0 Å². The third-order valence-electron chi connectivity index (χ3n) is 4.29. The molecule has 1 N–H and O–H groups in total. The lowest BCUT2D eigenvalue weighted by Crippen LogP contribution is -2.16. The Hall–Kier alpha value is -1.03. The maximum absolute atomic E-state index is 11.7. The molecule has 20 heavy (non-hydrogen) atoms. The molecule has 0 radical (unpaired) electrons. The van der Waals surface area contributed by atoms with E-state index in [2.05, 4.69) is 12.2 Å². The maximum Gasteiger partial charge on any atom is 0.177 e. The molecule has 3 nitrogen and oxygen atoms in total. The quantitative estimate of drug-likeness (QED) is 0.900. The molecular weight excluding hydrogens is 270 g/mol. The highest BCUT2D eigenvalue weighted by Crippen LogP contribution is 2.30. The molecule has 0 aromatic heterocycles. The summed E-state index contributed by atoms with van der Waals surface area (Å²) in [7, 11) is -3.16. The van der Waals surface area contributed by atoms with Gasteiger partial charge in [-0.1, -0.05) is 44.7 Å². The van der Waals surface area contributed by atoms with E-state index < -0.39 is 9.84 Å². The Kier molecular flexibility index (Phi) is 5.08. The lowest BCUT2D eigenvalue weighted by atomic mass is 9.81. The third kappa shape index (κ3) is 4.23. The molecule has 0 amide bonds. The van der Waals surface area contributed by atoms with Crippen LogP contribution in [0.1, 0.15) is 39.0 Å². The summed E-state index contributed by atoms with van der Waals surface area (Å²) in [5.41, 5.74) is 0.735. The van der Waals surface area contributed by atoms with Crippen molar-refractivity contribution in [2.75, 3.05) is 18.1 Å². The summed E-state index contributed by atoms with van der Waals surface area (Å²) in [6.45, 7) is 3.18. The van der Waals surface area contributed by atoms with Gasteiger partial charge in [-0.3, -0.25) is 0 Å². The summed E-state index contributed by atoms with van der Waals surface area (Å²) in [6, 6.07) is 7.16. The standard InChI is InChI=1S/C16H25NO2S/c1-13-7-9-14(10-8-13)11-12-17-15-5-3-4-6-16(15)20(2,18)19/h3-6,13-14,17H,7-12H2,1-2H3. The Labute approximate surface area is 122 Å². The van der Waals surface area contributed by atoms with Crippen LogP contribution in [-0.2, 0) is 9.84 Å². The minimum absolute atomic E-state index is 0.400. The van der Waals surface area contributed by atoms with Gasteiger partial charge < -0.3 is 5.32 Å². The smallest absolute Gasteiger partial charge is 0.177 e. The first-order valence-corrected chi connectivity index (χ1v) is 9.39. The van der Waals surface area contributed by atoms with Gasteiger partial charge in [-0.05, 0) is 30.4 Å². The van der Waals surface area contributed by atoms with Gasteiger partial charge in [0.25, 0.3) is 0 Å². The average Bonchev–Trinajstić information content (AvgIpc) is 2.40. The van der Waals surface area contributed by atoms with Gasteiger partial charge in [0, 0.05) is 12.8 Å². The van der Waals surface area contributed by atoms with Crippen LogP contribution in [-0.4, -0.2) is 21.2 Å². The fourth-order valence-corrected chi connectivity index (χ4v) is 3.83. The first kappa shape index (κ1) is 15.4. The zero-order valence-electron chi connectivity index (χ0n) is 12.4. The van der Waals surface area contributed by atoms with Gasteiger partial charge in [0.05, 0.1) is 10.6 Å². The van der Waals surface area contributed by atoms with Crippen LogP contribution in [0.15, 0.2) is 29.2 Å². The van der Waals surface area contributed by atoms with E-state index in [1.807, 2.05) is 12.1 Å². The Morgan fingerprint density at radius 3 is 2.45 bits per heavy atom. The Morgan fingerprint density at radius 1 is 1.15 bits per heavy atom. The lowest BCUT2D eigenvalue weighted by Gasteiger charge is -2.26. The highest BCUT2D eigenvalue weighted by molar-refractivity contribution is 7.90. The zero-order valence-corrected chi connectivity index (χ0v) is 13.2. The minimum Gasteiger partial charge on any atom is -0.384 e. The molecule has 0 spiro atoms. The molecular formula is C16H25NO2S. The Bertz CT molecular complexity index is 531. The largest absolute Gasteiger partial charge is 0.384 e. The Balaban J connectivity index is 1.89. The van der Waals surface area contributed by atoms with Gasteiger partial charge in [-0.2, -0.15) is 0 Å². The van der Waals surface area contributed by atoms with Crippen LogP contribution < -0.4 is 5.32 Å². The van der Waals surface area contributed by atoms with Gasteiger partial charge >= 0.3 is 0 Å². The second kappa shape index (κ2) is 6.61. The van der Waals surface area contributed by atoms with Crippen LogP contribution in [0, 0.1) is 11.8 Å². The summed E-state index contributed by atoms with van der Waals surface area (Å²) in [6.07, 6.45) is 7.70. The molecule has 1 aromatic rings. The minimum atomic E-state index is -3.16. The zero-order chi connectivity index (χ0) is 14.6. The molecule has 0 saturated heterocycles. The second-order valence-corrected chi connectivity index (χ2v) is 8.09. The summed E-state index contributed by atoms with van der Waals surface area (Å²) in [4.78, 5) is 0.400. The molecule has 1 fully saturated rings. The Morgan fingerprint density at radius 2 is 1.80 bits per heavy atom. The van der Waals surface area contributed by atoms with Crippen LogP contribution in [0.5, 0.6) is 0 Å². The average molecular weight is 295 g/mol. The van der Waals surface area contributed by atoms with Crippen molar-refractivity contribution in [3.63, 3.8) is 0 Å². The summed E-state index contributed by atoms with van der Waals surface area (Å²) < 4.78 is 23.4. The van der Waals surface area contributed by atoms with Gasteiger partial charge in [-0.15, -0.1) is 0 Å². The molecule has 0 aliphatic heterocycles. The van der Waals surface area contributed by atoms with Gasteiger partial charge in [0.15, 0.2) is 9.84 Å². The molecule has 1 aromatic carbocycles. The van der Waals surface area contributed by atoms with E-state index in [0.717, 1.165) is 30.5 Å². The van der Waals surface area contributed by atoms with Crippen LogP contribution in [0.4, 0.5) is 5.69 Å². The number of nitrogens with one attached hydrogen (secondary N) is 1. The molecule has 2 rings (SSSR count). The SMILES string of the molecule is CC1CCC(CCNc2ccccc2S(C)(=O)=O)CC1. The first-order chi connectivity index (χ1) is 9.47. The molecule has 0 unspecified atom stereocenters. The molecule has 1 aliphatic rings. The van der Waals surface area contributed by atoms with Crippen molar-refractivity contribution in [3.05, 3.63) is 24.3 Å². The number of rotatable bonds is 5. The van der Waals surface area contributed by atoms with Crippen molar-refractivity contribution in [1.82, 2.24) is 0 Å². The highest BCUT2D eigenvalue weighted by Gasteiger charge is 2.18. The van der Waals surface area contributed by atoms with Crippen molar-refractivity contribution in [3.8, 4) is 0 Å². The van der Waals surface area contributed by atoms with E-state index in [1.54, 1.807) is 12.1 Å². The van der Waals surface area contributed by atoms with Crippen LogP contribution >= 0.6 is 0 Å². The molecule has 4 heteroatoms. The number of anilines is 1. The van der Waals surface area contributed by atoms with E-state index >= 15 is 0 Å². The monoisotopic (exact) mass is 295 g/mol. The number of hydrogen-bond acceptors (Lipinski definition) is 3.